The molecule has 72 valence electrons. The maximum absolute atomic E-state index is 9.25. The Kier molecular flexibility index (Phi) is 9.40. The summed E-state index contributed by atoms with van der Waals surface area (Å²) in [6.45, 7) is 6.28. The fourth-order valence-corrected chi connectivity index (χ4v) is 0.494. The molecule has 0 radical (unpaired) electrons. The van der Waals surface area contributed by atoms with Crippen molar-refractivity contribution in [3.05, 3.63) is 12.7 Å². The van der Waals surface area contributed by atoms with E-state index >= 15 is 0 Å². The number of carbonyl (C=O) groups is 1. The molecule has 0 aliphatic rings. The fourth-order valence-electron chi connectivity index (χ4n) is 0.494. The van der Waals surface area contributed by atoms with E-state index in [9.17, 15) is 4.79 Å². The van der Waals surface area contributed by atoms with Crippen molar-refractivity contribution in [2.45, 2.75) is 32.5 Å². The average molecular weight is 176 g/mol. The summed E-state index contributed by atoms with van der Waals surface area (Å²) in [5.41, 5.74) is 0. The van der Waals surface area contributed by atoms with E-state index in [-0.39, 0.29) is 12.2 Å². The molecule has 2 unspecified atom stereocenters. The molecule has 3 N–H and O–H groups in total. The zero-order valence-corrected chi connectivity index (χ0v) is 7.40. The molecule has 0 aromatic rings. The topological polar surface area (TPSA) is 77.8 Å². The highest BCUT2D eigenvalue weighted by atomic mass is 16.4. The van der Waals surface area contributed by atoms with Gasteiger partial charge in [0.05, 0.1) is 12.2 Å². The number of aliphatic hydroxyl groups is 2. The monoisotopic (exact) mass is 176 g/mol. The fraction of sp³-hybridized carbons (Fsp3) is 0.625. The van der Waals surface area contributed by atoms with Gasteiger partial charge < -0.3 is 15.3 Å². The molecule has 4 nitrogen and oxygen atoms in total. The predicted molar refractivity (Wildman–Crippen MR) is 45.8 cm³/mol. The number of carboxylic acid groups (broad SMARTS) is 1. The quantitative estimate of drug-likeness (QED) is 0.544. The van der Waals surface area contributed by atoms with Gasteiger partial charge in [-0.3, -0.25) is 0 Å². The Morgan fingerprint density at radius 1 is 1.42 bits per heavy atom. The average Bonchev–Trinajstić information content (AvgIpc) is 1.85. The van der Waals surface area contributed by atoms with E-state index in [2.05, 4.69) is 6.58 Å². The van der Waals surface area contributed by atoms with Gasteiger partial charge in [-0.15, -0.1) is 0 Å². The molecule has 0 saturated heterocycles. The second-order valence-corrected chi connectivity index (χ2v) is 2.48. The molecule has 0 amide bonds. The van der Waals surface area contributed by atoms with Crippen molar-refractivity contribution in [1.29, 1.82) is 0 Å². The van der Waals surface area contributed by atoms with Crippen LogP contribution in [0.1, 0.15) is 20.3 Å². The Morgan fingerprint density at radius 3 is 1.67 bits per heavy atom. The van der Waals surface area contributed by atoms with Gasteiger partial charge in [0.1, 0.15) is 0 Å². The maximum atomic E-state index is 9.25. The molecule has 0 fully saturated rings. The highest BCUT2D eigenvalue weighted by Crippen LogP contribution is 1.93. The summed E-state index contributed by atoms with van der Waals surface area (Å²) in [6, 6.07) is 0. The van der Waals surface area contributed by atoms with Crippen LogP contribution < -0.4 is 0 Å². The first kappa shape index (κ1) is 13.7. The van der Waals surface area contributed by atoms with Crippen LogP contribution in [-0.4, -0.2) is 33.5 Å². The van der Waals surface area contributed by atoms with E-state index in [0.717, 1.165) is 6.08 Å². The molecule has 0 spiro atoms. The van der Waals surface area contributed by atoms with Gasteiger partial charge in [-0.05, 0) is 20.3 Å². The van der Waals surface area contributed by atoms with Crippen LogP contribution in [0.5, 0.6) is 0 Å². The van der Waals surface area contributed by atoms with Crippen LogP contribution in [0, 0.1) is 0 Å². The highest BCUT2D eigenvalue weighted by Gasteiger charge is 1.98. The Morgan fingerprint density at radius 2 is 1.67 bits per heavy atom. The van der Waals surface area contributed by atoms with Crippen LogP contribution in [0.25, 0.3) is 0 Å². The third kappa shape index (κ3) is 22.9. The van der Waals surface area contributed by atoms with Crippen molar-refractivity contribution in [1.82, 2.24) is 0 Å². The van der Waals surface area contributed by atoms with Gasteiger partial charge in [0.15, 0.2) is 0 Å². The first-order chi connectivity index (χ1) is 5.40. The van der Waals surface area contributed by atoms with Crippen LogP contribution in [0.3, 0.4) is 0 Å². The molecule has 0 aliphatic carbocycles. The summed E-state index contributed by atoms with van der Waals surface area (Å²) in [6.07, 6.45) is 0.556. The van der Waals surface area contributed by atoms with Crippen LogP contribution in [-0.2, 0) is 4.79 Å². The van der Waals surface area contributed by atoms with Crippen LogP contribution in [0.2, 0.25) is 0 Å². The van der Waals surface area contributed by atoms with Gasteiger partial charge in [0.2, 0.25) is 0 Å². The standard InChI is InChI=1S/C5H12O2.C3H4O2/c1-4(6)3-5(2)7;1-2-3(4)5/h4-7H,3H2,1-2H3;2H,1H2,(H,4,5). The summed E-state index contributed by atoms with van der Waals surface area (Å²) in [5, 5.41) is 24.7. The molecule has 0 bridgehead atoms. The van der Waals surface area contributed by atoms with Gasteiger partial charge in [0.25, 0.3) is 0 Å². The number of aliphatic carboxylic acids is 1. The first-order valence-corrected chi connectivity index (χ1v) is 3.61. The van der Waals surface area contributed by atoms with Gasteiger partial charge >= 0.3 is 5.97 Å². The van der Waals surface area contributed by atoms with Gasteiger partial charge in [-0.25, -0.2) is 4.79 Å². The zero-order chi connectivity index (χ0) is 10.1. The molecule has 2 atom stereocenters. The van der Waals surface area contributed by atoms with Crippen molar-refractivity contribution >= 4 is 5.97 Å². The van der Waals surface area contributed by atoms with Gasteiger partial charge in [-0.1, -0.05) is 6.58 Å². The minimum absolute atomic E-state index is 0.375. The number of carboxylic acids is 1. The van der Waals surface area contributed by atoms with E-state index in [1.165, 1.54) is 0 Å². The molecular weight excluding hydrogens is 160 g/mol. The Hall–Kier alpha value is -0.870. The summed E-state index contributed by atoms with van der Waals surface area (Å²) in [7, 11) is 0. The van der Waals surface area contributed by atoms with Gasteiger partial charge in [0, 0.05) is 6.08 Å². The van der Waals surface area contributed by atoms with E-state index in [1.54, 1.807) is 13.8 Å². The smallest absolute Gasteiger partial charge is 0.327 e. The van der Waals surface area contributed by atoms with E-state index in [1.807, 2.05) is 0 Å². The third-order valence-corrected chi connectivity index (χ3v) is 0.857. The number of aliphatic hydroxyl groups excluding tert-OH is 2. The van der Waals surface area contributed by atoms with Crippen LogP contribution >= 0.6 is 0 Å². The van der Waals surface area contributed by atoms with E-state index in [4.69, 9.17) is 15.3 Å². The minimum atomic E-state index is -0.981. The maximum Gasteiger partial charge on any atom is 0.327 e. The Bertz CT molecular complexity index is 123. The summed E-state index contributed by atoms with van der Waals surface area (Å²) < 4.78 is 0. The number of hydrogen-bond donors (Lipinski definition) is 3. The third-order valence-electron chi connectivity index (χ3n) is 0.857. The summed E-state index contributed by atoms with van der Waals surface area (Å²) in [4.78, 5) is 9.25. The lowest BCUT2D eigenvalue weighted by atomic mass is 10.2. The van der Waals surface area contributed by atoms with Crippen molar-refractivity contribution < 1.29 is 20.1 Å². The van der Waals surface area contributed by atoms with Crippen LogP contribution in [0.15, 0.2) is 12.7 Å². The SMILES string of the molecule is C=CC(=O)O.CC(O)CC(C)O. The Labute approximate surface area is 72.2 Å². The zero-order valence-electron chi connectivity index (χ0n) is 7.40. The number of hydrogen-bond acceptors (Lipinski definition) is 3. The highest BCUT2D eigenvalue weighted by molar-refractivity contribution is 5.78. The second kappa shape index (κ2) is 8.23. The molecule has 0 aromatic heterocycles. The van der Waals surface area contributed by atoms with E-state index < -0.39 is 5.97 Å². The molecule has 0 saturated carbocycles. The lowest BCUT2D eigenvalue weighted by molar-refractivity contribution is -0.131. The molecule has 0 rings (SSSR count). The van der Waals surface area contributed by atoms with Crippen molar-refractivity contribution in [3.8, 4) is 0 Å². The summed E-state index contributed by atoms with van der Waals surface area (Å²) in [5.74, 6) is -0.981. The first-order valence-electron chi connectivity index (χ1n) is 3.61. The van der Waals surface area contributed by atoms with Crippen molar-refractivity contribution in [2.75, 3.05) is 0 Å². The van der Waals surface area contributed by atoms with Gasteiger partial charge in [-0.2, -0.15) is 0 Å². The lowest BCUT2D eigenvalue weighted by Crippen LogP contribution is -2.10. The predicted octanol–water partition coefficient (Wildman–Crippen LogP) is 0.395. The van der Waals surface area contributed by atoms with Crippen molar-refractivity contribution in [2.24, 2.45) is 0 Å². The lowest BCUT2D eigenvalue weighted by Gasteiger charge is -2.04. The normalized spacial score (nSPS) is 13.7. The summed E-state index contributed by atoms with van der Waals surface area (Å²) >= 11 is 0. The molecule has 12 heavy (non-hydrogen) atoms. The molecule has 4 heteroatoms. The Balaban J connectivity index is 0. The number of rotatable bonds is 3. The molecule has 0 aromatic carbocycles. The van der Waals surface area contributed by atoms with Crippen molar-refractivity contribution in [3.63, 3.8) is 0 Å². The van der Waals surface area contributed by atoms with E-state index in [0.29, 0.717) is 6.42 Å². The van der Waals surface area contributed by atoms with Crippen LogP contribution in [0.4, 0.5) is 0 Å². The second-order valence-electron chi connectivity index (χ2n) is 2.48. The largest absolute Gasteiger partial charge is 0.478 e. The minimum Gasteiger partial charge on any atom is -0.478 e. The molecule has 0 heterocycles. The molecule has 0 aliphatic heterocycles. The molecular formula is C8H16O4.